The molecule has 3 nitrogen and oxygen atoms in total. The molecule has 2 atom stereocenters. The summed E-state index contributed by atoms with van der Waals surface area (Å²) >= 11 is 0. The van der Waals surface area contributed by atoms with E-state index in [1.54, 1.807) is 0 Å². The van der Waals surface area contributed by atoms with Crippen molar-refractivity contribution in [3.8, 4) is 0 Å². The van der Waals surface area contributed by atoms with Crippen LogP contribution in [0, 0.1) is 0 Å². The van der Waals surface area contributed by atoms with Gasteiger partial charge in [-0.3, -0.25) is 0 Å². The zero-order valence-electron chi connectivity index (χ0n) is 12.2. The SMILES string of the molecule is CC1OCCC1N(C)c1ccc(CN)c2ccccc12. The second-order valence-corrected chi connectivity index (χ2v) is 5.54. The highest BCUT2D eigenvalue weighted by Crippen LogP contribution is 2.32. The molecule has 0 aromatic heterocycles. The number of nitrogens with zero attached hydrogens (tertiary/aromatic N) is 1. The van der Waals surface area contributed by atoms with E-state index >= 15 is 0 Å². The van der Waals surface area contributed by atoms with Crippen LogP contribution in [0.25, 0.3) is 10.8 Å². The van der Waals surface area contributed by atoms with Crippen LogP contribution in [-0.4, -0.2) is 25.8 Å². The van der Waals surface area contributed by atoms with E-state index in [2.05, 4.69) is 55.3 Å². The van der Waals surface area contributed by atoms with Crippen molar-refractivity contribution in [2.45, 2.75) is 32.0 Å². The van der Waals surface area contributed by atoms with Gasteiger partial charge in [0.2, 0.25) is 0 Å². The number of rotatable bonds is 3. The smallest absolute Gasteiger partial charge is 0.0750 e. The summed E-state index contributed by atoms with van der Waals surface area (Å²) in [6.07, 6.45) is 1.37. The average Bonchev–Trinajstić information content (AvgIpc) is 2.91. The lowest BCUT2D eigenvalue weighted by atomic mass is 10.0. The second-order valence-electron chi connectivity index (χ2n) is 5.54. The zero-order valence-corrected chi connectivity index (χ0v) is 12.2. The largest absolute Gasteiger partial charge is 0.376 e. The number of benzene rings is 2. The molecule has 1 saturated heterocycles. The predicted molar refractivity (Wildman–Crippen MR) is 84.1 cm³/mol. The minimum absolute atomic E-state index is 0.285. The van der Waals surface area contributed by atoms with Gasteiger partial charge in [-0.1, -0.05) is 30.3 Å². The number of hydrogen-bond donors (Lipinski definition) is 1. The van der Waals surface area contributed by atoms with Gasteiger partial charge in [0.25, 0.3) is 0 Å². The molecule has 2 unspecified atom stereocenters. The lowest BCUT2D eigenvalue weighted by Gasteiger charge is -2.30. The molecule has 2 aromatic rings. The quantitative estimate of drug-likeness (QED) is 0.932. The van der Waals surface area contributed by atoms with Crippen molar-refractivity contribution in [3.63, 3.8) is 0 Å². The predicted octanol–water partition coefficient (Wildman–Crippen LogP) is 2.91. The van der Waals surface area contributed by atoms with Gasteiger partial charge in [-0.15, -0.1) is 0 Å². The number of likely N-dealkylation sites (N-methyl/N-ethyl adjacent to an activating group) is 1. The van der Waals surface area contributed by atoms with Gasteiger partial charge in [-0.25, -0.2) is 0 Å². The topological polar surface area (TPSA) is 38.5 Å². The highest BCUT2D eigenvalue weighted by Gasteiger charge is 2.28. The van der Waals surface area contributed by atoms with Crippen molar-refractivity contribution < 1.29 is 4.74 Å². The Balaban J connectivity index is 2.07. The normalized spacial score (nSPS) is 22.4. The van der Waals surface area contributed by atoms with Crippen LogP contribution >= 0.6 is 0 Å². The van der Waals surface area contributed by atoms with Crippen molar-refractivity contribution >= 4 is 16.5 Å². The fourth-order valence-corrected chi connectivity index (χ4v) is 3.24. The maximum atomic E-state index is 5.85. The summed E-state index contributed by atoms with van der Waals surface area (Å²) < 4.78 is 5.70. The Labute approximate surface area is 120 Å². The molecular weight excluding hydrogens is 248 g/mol. The summed E-state index contributed by atoms with van der Waals surface area (Å²) in [6, 6.07) is 13.3. The maximum Gasteiger partial charge on any atom is 0.0750 e. The average molecular weight is 270 g/mol. The van der Waals surface area contributed by atoms with Gasteiger partial charge in [0, 0.05) is 31.3 Å². The number of anilines is 1. The van der Waals surface area contributed by atoms with E-state index in [0.717, 1.165) is 13.0 Å². The third kappa shape index (κ3) is 2.17. The molecule has 0 saturated carbocycles. The van der Waals surface area contributed by atoms with E-state index in [1.165, 1.54) is 22.0 Å². The van der Waals surface area contributed by atoms with Crippen LogP contribution in [0.4, 0.5) is 5.69 Å². The van der Waals surface area contributed by atoms with Crippen molar-refractivity contribution in [2.75, 3.05) is 18.6 Å². The van der Waals surface area contributed by atoms with Gasteiger partial charge >= 0.3 is 0 Å². The van der Waals surface area contributed by atoms with Gasteiger partial charge < -0.3 is 15.4 Å². The molecule has 1 aliphatic heterocycles. The Hall–Kier alpha value is -1.58. The standard InChI is InChI=1S/C17H22N2O/c1-12-16(9-10-20-12)19(2)17-8-7-13(11-18)14-5-3-4-6-15(14)17/h3-8,12,16H,9-11,18H2,1-2H3. The minimum Gasteiger partial charge on any atom is -0.376 e. The third-order valence-electron chi connectivity index (χ3n) is 4.42. The van der Waals surface area contributed by atoms with E-state index < -0.39 is 0 Å². The monoisotopic (exact) mass is 270 g/mol. The molecule has 2 N–H and O–H groups in total. The van der Waals surface area contributed by atoms with Gasteiger partial charge in [0.05, 0.1) is 12.1 Å². The van der Waals surface area contributed by atoms with Crippen molar-refractivity contribution in [3.05, 3.63) is 42.0 Å². The molecule has 3 rings (SSSR count). The summed E-state index contributed by atoms with van der Waals surface area (Å²) in [5.41, 5.74) is 8.32. The van der Waals surface area contributed by atoms with Crippen LogP contribution in [0.2, 0.25) is 0 Å². The molecule has 0 amide bonds. The van der Waals surface area contributed by atoms with Gasteiger partial charge in [-0.05, 0) is 30.4 Å². The van der Waals surface area contributed by atoms with Crippen LogP contribution < -0.4 is 10.6 Å². The van der Waals surface area contributed by atoms with Crippen LogP contribution in [0.3, 0.4) is 0 Å². The molecule has 2 aromatic carbocycles. The van der Waals surface area contributed by atoms with E-state index in [0.29, 0.717) is 12.6 Å². The fraction of sp³-hybridized carbons (Fsp3) is 0.412. The summed E-state index contributed by atoms with van der Waals surface area (Å²) in [6.45, 7) is 3.59. The lowest BCUT2D eigenvalue weighted by Crippen LogP contribution is -2.36. The first-order chi connectivity index (χ1) is 9.72. The number of ether oxygens (including phenoxy) is 1. The Bertz CT molecular complexity index is 611. The highest BCUT2D eigenvalue weighted by atomic mass is 16.5. The van der Waals surface area contributed by atoms with Gasteiger partial charge in [0.15, 0.2) is 0 Å². The Morgan fingerprint density at radius 3 is 2.60 bits per heavy atom. The molecule has 20 heavy (non-hydrogen) atoms. The fourth-order valence-electron chi connectivity index (χ4n) is 3.24. The summed E-state index contributed by atoms with van der Waals surface area (Å²) in [7, 11) is 2.17. The Morgan fingerprint density at radius 2 is 1.95 bits per heavy atom. The molecule has 0 spiro atoms. The Morgan fingerprint density at radius 1 is 1.20 bits per heavy atom. The molecule has 1 fully saturated rings. The van der Waals surface area contributed by atoms with E-state index in [1.807, 2.05) is 0 Å². The van der Waals surface area contributed by atoms with Crippen LogP contribution in [0.1, 0.15) is 18.9 Å². The van der Waals surface area contributed by atoms with Crippen LogP contribution in [0.5, 0.6) is 0 Å². The summed E-state index contributed by atoms with van der Waals surface area (Å²) in [5, 5.41) is 2.53. The molecule has 106 valence electrons. The van der Waals surface area contributed by atoms with Gasteiger partial charge in [0.1, 0.15) is 0 Å². The third-order valence-corrected chi connectivity index (χ3v) is 4.42. The van der Waals surface area contributed by atoms with Crippen molar-refractivity contribution in [2.24, 2.45) is 5.73 Å². The Kier molecular flexibility index (Phi) is 3.64. The summed E-state index contributed by atoms with van der Waals surface area (Å²) in [4.78, 5) is 2.36. The molecule has 3 heteroatoms. The van der Waals surface area contributed by atoms with Crippen molar-refractivity contribution in [1.29, 1.82) is 0 Å². The van der Waals surface area contributed by atoms with Gasteiger partial charge in [-0.2, -0.15) is 0 Å². The van der Waals surface area contributed by atoms with E-state index in [9.17, 15) is 0 Å². The maximum absolute atomic E-state index is 5.85. The second kappa shape index (κ2) is 5.43. The summed E-state index contributed by atoms with van der Waals surface area (Å²) in [5.74, 6) is 0. The van der Waals surface area contributed by atoms with Crippen LogP contribution in [-0.2, 0) is 11.3 Å². The first-order valence-electron chi connectivity index (χ1n) is 7.27. The number of hydrogen-bond acceptors (Lipinski definition) is 3. The minimum atomic E-state index is 0.285. The first-order valence-corrected chi connectivity index (χ1v) is 7.27. The molecular formula is C17H22N2O. The number of nitrogens with two attached hydrogens (primary N) is 1. The van der Waals surface area contributed by atoms with E-state index in [4.69, 9.17) is 10.5 Å². The first kappa shape index (κ1) is 13.4. The van der Waals surface area contributed by atoms with E-state index in [-0.39, 0.29) is 6.10 Å². The molecule has 0 radical (unpaired) electrons. The zero-order chi connectivity index (χ0) is 14.1. The highest BCUT2D eigenvalue weighted by molar-refractivity contribution is 5.96. The van der Waals surface area contributed by atoms with Crippen molar-refractivity contribution in [1.82, 2.24) is 0 Å². The molecule has 1 aliphatic rings. The lowest BCUT2D eigenvalue weighted by molar-refractivity contribution is 0.118. The molecule has 1 heterocycles. The van der Waals surface area contributed by atoms with Crippen LogP contribution in [0.15, 0.2) is 36.4 Å². The molecule has 0 bridgehead atoms. The number of fused-ring (bicyclic) bond motifs is 1. The molecule has 0 aliphatic carbocycles.